The average Bonchev–Trinajstić information content (AvgIpc) is 3.06. The largest absolute Gasteiger partial charge is 0.497 e. The first-order chi connectivity index (χ1) is 15.7. The average molecular weight is 486 g/mol. The molecular weight excluding hydrogens is 466 g/mol. The Balaban J connectivity index is 2.04. The zero-order valence-corrected chi connectivity index (χ0v) is 19.3. The number of ether oxygens (including phenoxy) is 1. The van der Waals surface area contributed by atoms with Gasteiger partial charge in [0, 0.05) is 39.8 Å². The molecule has 0 aliphatic rings. The van der Waals surface area contributed by atoms with Crippen molar-refractivity contribution in [1.29, 1.82) is 0 Å². The van der Waals surface area contributed by atoms with Crippen LogP contribution in [-0.2, 0) is 16.6 Å². The van der Waals surface area contributed by atoms with E-state index in [0.29, 0.717) is 27.2 Å². The molecule has 170 valence electrons. The molecule has 8 nitrogen and oxygen atoms in total. The van der Waals surface area contributed by atoms with Gasteiger partial charge in [0.05, 0.1) is 13.4 Å². The lowest BCUT2D eigenvalue weighted by atomic mass is 10.0. The lowest BCUT2D eigenvalue weighted by Crippen LogP contribution is -2.31. The van der Waals surface area contributed by atoms with Crippen LogP contribution < -0.4 is 15.0 Å². The van der Waals surface area contributed by atoms with Crippen molar-refractivity contribution < 1.29 is 17.9 Å². The molecule has 0 aliphatic carbocycles. The predicted octanol–water partition coefficient (Wildman–Crippen LogP) is 3.40. The van der Waals surface area contributed by atoms with Gasteiger partial charge in [-0.3, -0.25) is 9.59 Å². The Kier molecular flexibility index (Phi) is 6.01. The van der Waals surface area contributed by atoms with Crippen LogP contribution in [0.4, 0.5) is 0 Å². The van der Waals surface area contributed by atoms with Crippen LogP contribution in [0.25, 0.3) is 22.0 Å². The minimum Gasteiger partial charge on any atom is -0.497 e. The van der Waals surface area contributed by atoms with Gasteiger partial charge < -0.3 is 14.3 Å². The van der Waals surface area contributed by atoms with E-state index in [9.17, 15) is 18.0 Å². The highest BCUT2D eigenvalue weighted by molar-refractivity contribution is 7.89. The number of aromatic amines is 1. The number of halogens is 1. The van der Waals surface area contributed by atoms with Gasteiger partial charge in [-0.2, -0.15) is 0 Å². The molecule has 2 heterocycles. The number of benzene rings is 2. The third kappa shape index (κ3) is 4.64. The number of pyridine rings is 1. The second kappa shape index (κ2) is 8.76. The summed E-state index contributed by atoms with van der Waals surface area (Å²) in [5.41, 5.74) is 1.58. The molecule has 0 radical (unpaired) electrons. The highest BCUT2D eigenvalue weighted by atomic mass is 35.5. The molecule has 0 saturated heterocycles. The van der Waals surface area contributed by atoms with E-state index < -0.39 is 21.5 Å². The van der Waals surface area contributed by atoms with Gasteiger partial charge in [0.1, 0.15) is 11.4 Å². The van der Waals surface area contributed by atoms with E-state index in [1.807, 2.05) is 16.9 Å². The number of fused-ring (bicyclic) bond motifs is 1. The molecule has 0 spiro atoms. The summed E-state index contributed by atoms with van der Waals surface area (Å²) in [5.74, 6) is -0.175. The summed E-state index contributed by atoms with van der Waals surface area (Å²) in [6.45, 7) is 0.235. The molecule has 2 aromatic heterocycles. The number of sulfonamides is 1. The second-order valence-corrected chi connectivity index (χ2v) is 9.62. The van der Waals surface area contributed by atoms with E-state index in [1.54, 1.807) is 54.1 Å². The number of hydrogen-bond acceptors (Lipinski definition) is 5. The molecular formula is C23H20ClN3O5S. The molecule has 1 amide bonds. The Morgan fingerprint density at radius 3 is 2.52 bits per heavy atom. The minimum absolute atomic E-state index is 0.0326. The molecule has 0 atom stereocenters. The Hall–Kier alpha value is -3.56. The number of hydrogen-bond donors (Lipinski definition) is 2. The number of methoxy groups -OCH3 is 1. The predicted molar refractivity (Wildman–Crippen MR) is 127 cm³/mol. The van der Waals surface area contributed by atoms with Crippen molar-refractivity contribution in [2.75, 3.05) is 13.4 Å². The number of nitrogens with one attached hydrogen (secondary N) is 2. The van der Waals surface area contributed by atoms with Crippen molar-refractivity contribution in [2.45, 2.75) is 6.54 Å². The number of rotatable bonds is 6. The molecule has 2 N–H and O–H groups in total. The molecule has 0 unspecified atom stereocenters. The second-order valence-electron chi connectivity index (χ2n) is 7.44. The highest BCUT2D eigenvalue weighted by Crippen LogP contribution is 2.36. The van der Waals surface area contributed by atoms with Gasteiger partial charge in [0.25, 0.3) is 11.5 Å². The summed E-state index contributed by atoms with van der Waals surface area (Å²) in [4.78, 5) is 28.5. The quantitative estimate of drug-likeness (QED) is 0.435. The van der Waals surface area contributed by atoms with Gasteiger partial charge in [0.15, 0.2) is 0 Å². The number of H-pyrrole nitrogens is 1. The first-order valence-electron chi connectivity index (χ1n) is 9.83. The van der Waals surface area contributed by atoms with Crippen molar-refractivity contribution in [2.24, 2.45) is 0 Å². The van der Waals surface area contributed by atoms with Crippen LogP contribution in [0, 0.1) is 0 Å². The van der Waals surface area contributed by atoms with E-state index >= 15 is 0 Å². The maximum absolute atomic E-state index is 13.3. The molecule has 0 saturated carbocycles. The van der Waals surface area contributed by atoms with Gasteiger partial charge in [-0.05, 0) is 48.0 Å². The maximum atomic E-state index is 13.3. The van der Waals surface area contributed by atoms with E-state index in [4.69, 9.17) is 16.3 Å². The normalized spacial score (nSPS) is 11.5. The number of nitrogens with zero attached hydrogens (tertiary/aromatic N) is 1. The van der Waals surface area contributed by atoms with E-state index in [-0.39, 0.29) is 17.8 Å². The third-order valence-electron chi connectivity index (χ3n) is 5.11. The molecule has 4 rings (SSSR count). The van der Waals surface area contributed by atoms with Gasteiger partial charge in [-0.15, -0.1) is 0 Å². The van der Waals surface area contributed by atoms with Crippen molar-refractivity contribution in [3.63, 3.8) is 0 Å². The third-order valence-corrected chi connectivity index (χ3v) is 5.90. The summed E-state index contributed by atoms with van der Waals surface area (Å²) in [5, 5.41) is 0.958. The molecule has 0 bridgehead atoms. The fourth-order valence-electron chi connectivity index (χ4n) is 3.75. The first-order valence-corrected chi connectivity index (χ1v) is 12.1. The molecule has 33 heavy (non-hydrogen) atoms. The van der Waals surface area contributed by atoms with Crippen molar-refractivity contribution >= 4 is 38.4 Å². The Labute approximate surface area is 194 Å². The number of aromatic nitrogens is 2. The number of carbonyl (C=O) groups is 1. The van der Waals surface area contributed by atoms with E-state index in [0.717, 1.165) is 11.8 Å². The lowest BCUT2D eigenvalue weighted by Gasteiger charge is -2.13. The van der Waals surface area contributed by atoms with Crippen molar-refractivity contribution in [3.8, 4) is 16.9 Å². The monoisotopic (exact) mass is 485 g/mol. The highest BCUT2D eigenvalue weighted by Gasteiger charge is 2.27. The van der Waals surface area contributed by atoms with Crippen molar-refractivity contribution in [1.82, 2.24) is 14.3 Å². The summed E-state index contributed by atoms with van der Waals surface area (Å²) in [6, 6.07) is 15.5. The van der Waals surface area contributed by atoms with Crippen LogP contribution in [0.3, 0.4) is 0 Å². The smallest absolute Gasteiger partial charge is 0.282 e. The fourth-order valence-corrected chi connectivity index (χ4v) is 4.35. The fraction of sp³-hybridized carbons (Fsp3) is 0.130. The molecule has 10 heteroatoms. The summed E-state index contributed by atoms with van der Waals surface area (Å²) in [6.07, 6.45) is 2.37. The van der Waals surface area contributed by atoms with Crippen LogP contribution in [-0.4, -0.2) is 37.2 Å². The van der Waals surface area contributed by atoms with Crippen LogP contribution in [0.5, 0.6) is 5.75 Å². The Morgan fingerprint density at radius 2 is 1.88 bits per heavy atom. The zero-order chi connectivity index (χ0) is 23.8. The van der Waals surface area contributed by atoms with Gasteiger partial charge in [0.2, 0.25) is 10.0 Å². The van der Waals surface area contributed by atoms with E-state index in [2.05, 4.69) is 4.98 Å². The molecule has 4 aromatic rings. The molecule has 2 aromatic carbocycles. The van der Waals surface area contributed by atoms with Gasteiger partial charge in [-0.25, -0.2) is 13.1 Å². The summed E-state index contributed by atoms with van der Waals surface area (Å²) < 4.78 is 32.7. The van der Waals surface area contributed by atoms with Crippen molar-refractivity contribution in [3.05, 3.63) is 87.4 Å². The zero-order valence-electron chi connectivity index (χ0n) is 17.8. The Bertz CT molecular complexity index is 1520. The summed E-state index contributed by atoms with van der Waals surface area (Å²) in [7, 11) is -2.30. The molecule has 0 aliphatic heterocycles. The maximum Gasteiger partial charge on any atom is 0.282 e. The standard InChI is InChI=1S/C23H20ClN3O5S/c1-32-16-8-5-14(6-9-16)13-27-19-10-7-15(24)12-18(19)20(17-4-3-11-25-22(17)28)21(27)23(29)26-33(2,30)31/h3-12H,13H2,1-2H3,(H,25,28)(H,26,29). The topological polar surface area (TPSA) is 110 Å². The van der Waals surface area contributed by atoms with Crippen LogP contribution >= 0.6 is 11.6 Å². The van der Waals surface area contributed by atoms with E-state index in [1.165, 1.54) is 6.20 Å². The Morgan fingerprint density at radius 1 is 1.15 bits per heavy atom. The lowest BCUT2D eigenvalue weighted by molar-refractivity contribution is 0.0974. The summed E-state index contributed by atoms with van der Waals surface area (Å²) >= 11 is 6.25. The number of amides is 1. The molecule has 0 fully saturated rings. The number of carbonyl (C=O) groups excluding carboxylic acids is 1. The minimum atomic E-state index is -3.87. The van der Waals surface area contributed by atoms with Crippen LogP contribution in [0.2, 0.25) is 5.02 Å². The van der Waals surface area contributed by atoms with Crippen LogP contribution in [0.15, 0.2) is 65.6 Å². The van der Waals surface area contributed by atoms with Crippen LogP contribution in [0.1, 0.15) is 16.1 Å². The van der Waals surface area contributed by atoms with Gasteiger partial charge in [-0.1, -0.05) is 23.7 Å². The van der Waals surface area contributed by atoms with Gasteiger partial charge >= 0.3 is 0 Å². The SMILES string of the molecule is COc1ccc(Cn2c(C(=O)NS(C)(=O)=O)c(-c3ccc[nH]c3=O)c3cc(Cl)ccc32)cc1. The first kappa shape index (κ1) is 22.6.